The molecule has 1 aliphatic heterocycles. The van der Waals surface area contributed by atoms with Crippen molar-refractivity contribution in [2.45, 2.75) is 56.7 Å². The summed E-state index contributed by atoms with van der Waals surface area (Å²) in [5, 5.41) is 13.6. The summed E-state index contributed by atoms with van der Waals surface area (Å²) < 4.78 is 0. The third kappa shape index (κ3) is 8.03. The van der Waals surface area contributed by atoms with Crippen molar-refractivity contribution < 1.29 is 33.9 Å². The van der Waals surface area contributed by atoms with Crippen LogP contribution in [-0.4, -0.2) is 76.7 Å². The lowest BCUT2D eigenvalue weighted by atomic mass is 10.1. The fourth-order valence-electron chi connectivity index (χ4n) is 3.01. The molecule has 1 saturated heterocycles. The van der Waals surface area contributed by atoms with Crippen LogP contribution in [0.4, 0.5) is 0 Å². The van der Waals surface area contributed by atoms with Crippen molar-refractivity contribution in [1.82, 2.24) is 15.5 Å². The van der Waals surface area contributed by atoms with Crippen molar-refractivity contribution in [3.63, 3.8) is 0 Å². The molecule has 1 fully saturated rings. The number of nitrogens with zero attached hydrogens (tertiary/aromatic N) is 1. The summed E-state index contributed by atoms with van der Waals surface area (Å²) in [5.41, 5.74) is 15.8. The molecule has 30 heavy (non-hydrogen) atoms. The minimum atomic E-state index is -1.34. The average molecular weight is 428 g/mol. The monoisotopic (exact) mass is 428 g/mol. The number of hydrogen-bond donors (Lipinski definition) is 6. The maximum Gasteiger partial charge on any atom is 0.326 e. The van der Waals surface area contributed by atoms with Crippen molar-refractivity contribution >= 4 is 35.5 Å². The molecule has 13 nitrogen and oxygen atoms in total. The third-order valence-corrected chi connectivity index (χ3v) is 4.59. The van der Waals surface area contributed by atoms with Gasteiger partial charge in [-0.15, -0.1) is 0 Å². The van der Waals surface area contributed by atoms with Gasteiger partial charge in [-0.1, -0.05) is 0 Å². The number of nitrogens with one attached hydrogen (secondary N) is 2. The van der Waals surface area contributed by atoms with Gasteiger partial charge in [0.05, 0.1) is 12.6 Å². The second kappa shape index (κ2) is 11.7. The number of nitrogens with two attached hydrogens (primary N) is 3. The molecule has 1 heterocycles. The van der Waals surface area contributed by atoms with Crippen LogP contribution in [0.15, 0.2) is 0 Å². The van der Waals surface area contributed by atoms with Crippen LogP contribution in [0.1, 0.15) is 38.5 Å². The Balaban J connectivity index is 2.56. The summed E-state index contributed by atoms with van der Waals surface area (Å²) >= 11 is 0. The van der Waals surface area contributed by atoms with Gasteiger partial charge in [-0.2, -0.15) is 0 Å². The first-order chi connectivity index (χ1) is 14.0. The van der Waals surface area contributed by atoms with E-state index in [-0.39, 0.29) is 25.7 Å². The maximum absolute atomic E-state index is 12.4. The van der Waals surface area contributed by atoms with Crippen LogP contribution in [0, 0.1) is 0 Å². The minimum Gasteiger partial charge on any atom is -0.480 e. The van der Waals surface area contributed by atoms with E-state index in [4.69, 9.17) is 22.3 Å². The number of rotatable bonds is 12. The fourth-order valence-corrected chi connectivity index (χ4v) is 3.01. The lowest BCUT2D eigenvalue weighted by Gasteiger charge is -2.26. The molecule has 0 bridgehead atoms. The largest absolute Gasteiger partial charge is 0.480 e. The Labute approximate surface area is 172 Å². The smallest absolute Gasteiger partial charge is 0.326 e. The molecule has 0 aromatic rings. The Bertz CT molecular complexity index is 698. The summed E-state index contributed by atoms with van der Waals surface area (Å²) in [6.07, 6.45) is 0.531. The molecular formula is C17H28N6O7. The van der Waals surface area contributed by atoms with Crippen molar-refractivity contribution in [2.75, 3.05) is 13.1 Å². The normalized spacial score (nSPS) is 17.6. The van der Waals surface area contributed by atoms with Crippen molar-refractivity contribution in [1.29, 1.82) is 0 Å². The zero-order valence-electron chi connectivity index (χ0n) is 16.5. The van der Waals surface area contributed by atoms with Gasteiger partial charge < -0.3 is 37.8 Å². The van der Waals surface area contributed by atoms with E-state index in [0.717, 1.165) is 0 Å². The Hall–Kier alpha value is -3.22. The highest BCUT2D eigenvalue weighted by atomic mass is 16.4. The number of likely N-dealkylation sites (tertiary alicyclic amines) is 1. The summed E-state index contributed by atoms with van der Waals surface area (Å²) in [6, 6.07) is -3.12. The van der Waals surface area contributed by atoms with Gasteiger partial charge in [-0.25, -0.2) is 4.79 Å². The van der Waals surface area contributed by atoms with E-state index >= 15 is 0 Å². The maximum atomic E-state index is 12.4. The van der Waals surface area contributed by atoms with Crippen molar-refractivity contribution in [2.24, 2.45) is 17.2 Å². The van der Waals surface area contributed by atoms with Crippen molar-refractivity contribution in [3.8, 4) is 0 Å². The van der Waals surface area contributed by atoms with Gasteiger partial charge in [0.25, 0.3) is 0 Å². The molecule has 3 atom stereocenters. The van der Waals surface area contributed by atoms with Crippen molar-refractivity contribution in [3.05, 3.63) is 0 Å². The predicted octanol–water partition coefficient (Wildman–Crippen LogP) is -3.48. The molecule has 0 aliphatic carbocycles. The van der Waals surface area contributed by atoms with Crippen LogP contribution >= 0.6 is 0 Å². The molecule has 0 aromatic carbocycles. The van der Waals surface area contributed by atoms with E-state index in [1.807, 2.05) is 0 Å². The van der Waals surface area contributed by atoms with Crippen LogP contribution in [-0.2, 0) is 28.8 Å². The standard InChI is InChI=1S/C17H28N6O7/c18-9(3-5-12(19)24)16(28)23-7-1-2-11(23)15(27)21-8-14(26)22-10(17(29)30)4-6-13(20)25/h9-11H,1-8,18H2,(H2,19,24)(H2,20,25)(H,21,27)(H,22,26)(H,29,30). The van der Waals surface area contributed by atoms with Gasteiger partial charge in [0, 0.05) is 19.4 Å². The summed E-state index contributed by atoms with van der Waals surface area (Å²) in [4.78, 5) is 70.9. The zero-order chi connectivity index (χ0) is 22.8. The van der Waals surface area contributed by atoms with E-state index < -0.39 is 60.2 Å². The first kappa shape index (κ1) is 24.8. The lowest BCUT2D eigenvalue weighted by molar-refractivity contribution is -0.142. The van der Waals surface area contributed by atoms with Crippen LogP contribution < -0.4 is 27.8 Å². The number of primary amides is 2. The highest BCUT2D eigenvalue weighted by Crippen LogP contribution is 2.19. The molecule has 1 rings (SSSR count). The summed E-state index contributed by atoms with van der Waals surface area (Å²) in [7, 11) is 0. The number of amides is 5. The van der Waals surface area contributed by atoms with Crippen LogP contribution in [0.5, 0.6) is 0 Å². The first-order valence-corrected chi connectivity index (χ1v) is 9.45. The van der Waals surface area contributed by atoms with E-state index in [1.54, 1.807) is 0 Å². The highest BCUT2D eigenvalue weighted by molar-refractivity contribution is 5.93. The molecule has 168 valence electrons. The van der Waals surface area contributed by atoms with E-state index in [0.29, 0.717) is 19.4 Å². The number of carbonyl (C=O) groups is 6. The fraction of sp³-hybridized carbons (Fsp3) is 0.647. The van der Waals surface area contributed by atoms with Crippen LogP contribution in [0.3, 0.4) is 0 Å². The molecule has 9 N–H and O–H groups in total. The second-order valence-corrected chi connectivity index (χ2v) is 6.98. The van der Waals surface area contributed by atoms with Gasteiger partial charge in [0.2, 0.25) is 29.5 Å². The summed E-state index contributed by atoms with van der Waals surface area (Å²) in [5.74, 6) is -4.47. The third-order valence-electron chi connectivity index (χ3n) is 4.59. The first-order valence-electron chi connectivity index (χ1n) is 9.45. The van der Waals surface area contributed by atoms with Gasteiger partial charge >= 0.3 is 5.97 Å². The number of hydrogen-bond acceptors (Lipinski definition) is 7. The quantitative estimate of drug-likeness (QED) is 0.182. The number of carbonyl (C=O) groups excluding carboxylic acids is 5. The van der Waals surface area contributed by atoms with Crippen LogP contribution in [0.2, 0.25) is 0 Å². The zero-order valence-corrected chi connectivity index (χ0v) is 16.5. The molecular weight excluding hydrogens is 400 g/mol. The number of aliphatic carboxylic acids is 1. The van der Waals surface area contributed by atoms with Gasteiger partial charge in [-0.05, 0) is 25.7 Å². The van der Waals surface area contributed by atoms with E-state index in [1.165, 1.54) is 4.90 Å². The Morgan fingerprint density at radius 1 is 1.03 bits per heavy atom. The summed E-state index contributed by atoms with van der Waals surface area (Å²) in [6.45, 7) is -0.201. The van der Waals surface area contributed by atoms with E-state index in [2.05, 4.69) is 10.6 Å². The van der Waals surface area contributed by atoms with Gasteiger partial charge in [-0.3, -0.25) is 24.0 Å². The highest BCUT2D eigenvalue weighted by Gasteiger charge is 2.36. The topological polar surface area (TPSA) is 228 Å². The van der Waals surface area contributed by atoms with Crippen LogP contribution in [0.25, 0.3) is 0 Å². The molecule has 0 radical (unpaired) electrons. The molecule has 0 saturated carbocycles. The molecule has 5 amide bonds. The molecule has 3 unspecified atom stereocenters. The minimum absolute atomic E-state index is 0.0573. The number of carboxylic acid groups (broad SMARTS) is 1. The lowest BCUT2D eigenvalue weighted by Crippen LogP contribution is -2.53. The molecule has 0 aromatic heterocycles. The molecule has 1 aliphatic rings. The predicted molar refractivity (Wildman–Crippen MR) is 102 cm³/mol. The Morgan fingerprint density at radius 3 is 2.20 bits per heavy atom. The van der Waals surface area contributed by atoms with E-state index in [9.17, 15) is 28.8 Å². The SMILES string of the molecule is NC(=O)CCC(N)C(=O)N1CCCC1C(=O)NCC(=O)NC(CCC(N)=O)C(=O)O. The average Bonchev–Trinajstić information content (AvgIpc) is 3.16. The van der Waals surface area contributed by atoms with Gasteiger partial charge in [0.15, 0.2) is 0 Å². The second-order valence-electron chi connectivity index (χ2n) is 6.98. The molecule has 0 spiro atoms. The number of carboxylic acids is 1. The Kier molecular flexibility index (Phi) is 9.68. The molecule has 13 heteroatoms. The Morgan fingerprint density at radius 2 is 1.63 bits per heavy atom. The van der Waals surface area contributed by atoms with Gasteiger partial charge in [0.1, 0.15) is 12.1 Å².